The third-order valence-electron chi connectivity index (χ3n) is 2.29. The average Bonchev–Trinajstić information content (AvgIpc) is 2.30. The van der Waals surface area contributed by atoms with E-state index in [1.807, 2.05) is 37.4 Å². The van der Waals surface area contributed by atoms with Crippen LogP contribution in [0, 0.1) is 0 Å². The topological polar surface area (TPSA) is 24.9 Å². The summed E-state index contributed by atoms with van der Waals surface area (Å²) in [6.45, 7) is 2.87. The number of nitrogens with one attached hydrogen (secondary N) is 1. The molecule has 2 heteroatoms. The van der Waals surface area contributed by atoms with E-state index in [2.05, 4.69) is 28.5 Å². The highest BCUT2D eigenvalue weighted by molar-refractivity contribution is 5.91. The van der Waals surface area contributed by atoms with Crippen molar-refractivity contribution in [2.75, 3.05) is 11.9 Å². The highest BCUT2D eigenvalue weighted by Gasteiger charge is 1.98. The smallest absolute Gasteiger partial charge is 0.0722 e. The first-order valence-corrected chi connectivity index (χ1v) is 5.10. The molecule has 15 heavy (non-hydrogen) atoms. The van der Waals surface area contributed by atoms with Gasteiger partial charge in [-0.2, -0.15) is 0 Å². The second-order valence-electron chi connectivity index (χ2n) is 3.33. The van der Waals surface area contributed by atoms with Crippen molar-refractivity contribution in [2.24, 2.45) is 0 Å². The number of aromatic nitrogens is 1. The molecule has 2 aromatic rings. The zero-order valence-corrected chi connectivity index (χ0v) is 8.77. The molecule has 0 amide bonds. The van der Waals surface area contributed by atoms with Crippen molar-refractivity contribution in [3.63, 3.8) is 0 Å². The van der Waals surface area contributed by atoms with Gasteiger partial charge >= 0.3 is 0 Å². The number of anilines is 1. The first kappa shape index (κ1) is 9.71. The quantitative estimate of drug-likeness (QED) is 0.766. The summed E-state index contributed by atoms with van der Waals surface area (Å²) in [6, 6.07) is 10.2. The molecule has 0 saturated heterocycles. The summed E-state index contributed by atoms with van der Waals surface area (Å²) in [4.78, 5) is 4.31. The first-order valence-electron chi connectivity index (χ1n) is 5.10. The predicted octanol–water partition coefficient (Wildman–Crippen LogP) is 3.22. The van der Waals surface area contributed by atoms with Crippen molar-refractivity contribution in [1.82, 2.24) is 4.98 Å². The lowest BCUT2D eigenvalue weighted by molar-refractivity contribution is 1.33. The van der Waals surface area contributed by atoms with Gasteiger partial charge in [-0.25, -0.2) is 0 Å². The summed E-state index contributed by atoms with van der Waals surface area (Å²) in [5.74, 6) is 0. The number of hydrogen-bond donors (Lipinski definition) is 1. The van der Waals surface area contributed by atoms with Crippen LogP contribution in [0.15, 0.2) is 48.7 Å². The van der Waals surface area contributed by atoms with Crippen LogP contribution in [0.5, 0.6) is 0 Å². The van der Waals surface area contributed by atoms with Crippen LogP contribution in [0.4, 0.5) is 5.69 Å². The number of hydrogen-bond acceptors (Lipinski definition) is 2. The van der Waals surface area contributed by atoms with Gasteiger partial charge in [-0.15, -0.1) is 0 Å². The fourth-order valence-corrected chi connectivity index (χ4v) is 1.54. The minimum absolute atomic E-state index is 0.852. The Hall–Kier alpha value is -1.83. The molecule has 0 fully saturated rings. The van der Waals surface area contributed by atoms with Gasteiger partial charge in [0.2, 0.25) is 0 Å². The summed E-state index contributed by atoms with van der Waals surface area (Å²) in [5, 5.41) is 4.53. The van der Waals surface area contributed by atoms with Crippen LogP contribution in [-0.2, 0) is 0 Å². The summed E-state index contributed by atoms with van der Waals surface area (Å²) in [7, 11) is 0. The first-order chi connectivity index (χ1) is 7.42. The van der Waals surface area contributed by atoms with Crippen LogP contribution in [0.25, 0.3) is 10.9 Å². The Balaban J connectivity index is 2.34. The van der Waals surface area contributed by atoms with Gasteiger partial charge in [-0.05, 0) is 31.2 Å². The van der Waals surface area contributed by atoms with E-state index in [1.54, 1.807) is 0 Å². The molecule has 0 radical (unpaired) electrons. The third kappa shape index (κ3) is 2.15. The fraction of sp³-hybridized carbons (Fsp3) is 0.154. The van der Waals surface area contributed by atoms with E-state index in [-0.39, 0.29) is 0 Å². The molecule has 0 aliphatic heterocycles. The Labute approximate surface area is 89.7 Å². The number of allylic oxidation sites excluding steroid dienone is 1. The SMILES string of the molecule is CC=CCNc1cccc2ncccc12. The molecule has 0 aliphatic carbocycles. The van der Waals surface area contributed by atoms with Crippen LogP contribution < -0.4 is 5.32 Å². The van der Waals surface area contributed by atoms with Gasteiger partial charge < -0.3 is 5.32 Å². The lowest BCUT2D eigenvalue weighted by atomic mass is 10.2. The van der Waals surface area contributed by atoms with Gasteiger partial charge in [0, 0.05) is 23.8 Å². The van der Waals surface area contributed by atoms with Crippen LogP contribution in [0.1, 0.15) is 6.92 Å². The number of nitrogens with zero attached hydrogens (tertiary/aromatic N) is 1. The molecule has 1 heterocycles. The van der Waals surface area contributed by atoms with E-state index < -0.39 is 0 Å². The maximum atomic E-state index is 4.31. The van der Waals surface area contributed by atoms with Crippen molar-refractivity contribution in [1.29, 1.82) is 0 Å². The second-order valence-corrected chi connectivity index (χ2v) is 3.33. The number of pyridine rings is 1. The Kier molecular flexibility index (Phi) is 2.98. The van der Waals surface area contributed by atoms with E-state index in [0.717, 1.165) is 17.7 Å². The molecule has 76 valence electrons. The fourth-order valence-electron chi connectivity index (χ4n) is 1.54. The summed E-state index contributed by atoms with van der Waals surface area (Å²) in [6.07, 6.45) is 5.95. The molecule has 1 aromatic heterocycles. The van der Waals surface area contributed by atoms with Crippen molar-refractivity contribution in [3.8, 4) is 0 Å². The molecule has 2 rings (SSSR count). The summed E-state index contributed by atoms with van der Waals surface area (Å²) >= 11 is 0. The highest BCUT2D eigenvalue weighted by atomic mass is 14.9. The molecule has 1 N–H and O–H groups in total. The number of benzene rings is 1. The molecule has 0 aliphatic rings. The normalized spacial score (nSPS) is 11.0. The Morgan fingerprint density at radius 3 is 3.07 bits per heavy atom. The van der Waals surface area contributed by atoms with Gasteiger partial charge in [0.15, 0.2) is 0 Å². The van der Waals surface area contributed by atoms with E-state index in [0.29, 0.717) is 0 Å². The minimum atomic E-state index is 0.852. The van der Waals surface area contributed by atoms with E-state index in [4.69, 9.17) is 0 Å². The highest BCUT2D eigenvalue weighted by Crippen LogP contribution is 2.20. The maximum absolute atomic E-state index is 4.31. The van der Waals surface area contributed by atoms with Crippen molar-refractivity contribution >= 4 is 16.6 Å². The monoisotopic (exact) mass is 198 g/mol. The van der Waals surface area contributed by atoms with E-state index in [1.165, 1.54) is 5.39 Å². The standard InChI is InChI=1S/C13H14N2/c1-2-3-9-14-12-7-4-8-13-11(12)6-5-10-15-13/h2-8,10,14H,9H2,1H3. The van der Waals surface area contributed by atoms with Gasteiger partial charge in [0.05, 0.1) is 5.52 Å². The molecule has 0 atom stereocenters. The molecule has 2 nitrogen and oxygen atoms in total. The number of rotatable bonds is 3. The zero-order valence-electron chi connectivity index (χ0n) is 8.77. The van der Waals surface area contributed by atoms with Crippen LogP contribution in [0.3, 0.4) is 0 Å². The molecule has 0 bridgehead atoms. The van der Waals surface area contributed by atoms with Gasteiger partial charge in [-0.1, -0.05) is 18.2 Å². The summed E-state index contributed by atoms with van der Waals surface area (Å²) in [5.41, 5.74) is 2.17. The van der Waals surface area contributed by atoms with Crippen LogP contribution in [0.2, 0.25) is 0 Å². The summed E-state index contributed by atoms with van der Waals surface area (Å²) < 4.78 is 0. The molecule has 1 aromatic carbocycles. The Bertz CT molecular complexity index is 469. The average molecular weight is 198 g/mol. The minimum Gasteiger partial charge on any atom is -0.381 e. The lowest BCUT2D eigenvalue weighted by Gasteiger charge is -2.06. The predicted molar refractivity (Wildman–Crippen MR) is 65.0 cm³/mol. The van der Waals surface area contributed by atoms with E-state index >= 15 is 0 Å². The third-order valence-corrected chi connectivity index (χ3v) is 2.29. The lowest BCUT2D eigenvalue weighted by Crippen LogP contribution is -1.98. The Morgan fingerprint density at radius 1 is 1.27 bits per heavy atom. The van der Waals surface area contributed by atoms with Crippen LogP contribution in [-0.4, -0.2) is 11.5 Å². The van der Waals surface area contributed by atoms with Crippen molar-refractivity contribution in [2.45, 2.75) is 6.92 Å². The van der Waals surface area contributed by atoms with Crippen molar-refractivity contribution < 1.29 is 0 Å². The maximum Gasteiger partial charge on any atom is 0.0722 e. The molecular weight excluding hydrogens is 184 g/mol. The second kappa shape index (κ2) is 4.60. The molecule has 0 saturated carbocycles. The Morgan fingerprint density at radius 2 is 2.20 bits per heavy atom. The van der Waals surface area contributed by atoms with Crippen molar-refractivity contribution in [3.05, 3.63) is 48.7 Å². The zero-order chi connectivity index (χ0) is 10.5. The van der Waals surface area contributed by atoms with Gasteiger partial charge in [0.25, 0.3) is 0 Å². The number of fused-ring (bicyclic) bond motifs is 1. The van der Waals surface area contributed by atoms with Gasteiger partial charge in [-0.3, -0.25) is 4.98 Å². The largest absolute Gasteiger partial charge is 0.381 e. The molecule has 0 spiro atoms. The molecular formula is C13H14N2. The van der Waals surface area contributed by atoms with E-state index in [9.17, 15) is 0 Å². The van der Waals surface area contributed by atoms with Gasteiger partial charge in [0.1, 0.15) is 0 Å². The van der Waals surface area contributed by atoms with Crippen LogP contribution >= 0.6 is 0 Å². The molecule has 0 unspecified atom stereocenters.